The molecule has 0 bridgehead atoms. The molecule has 0 spiro atoms. The summed E-state index contributed by atoms with van der Waals surface area (Å²) in [5, 5.41) is 3.28. The summed E-state index contributed by atoms with van der Waals surface area (Å²) in [5.74, 6) is 2.43. The third-order valence-electron chi connectivity index (χ3n) is 5.99. The lowest BCUT2D eigenvalue weighted by molar-refractivity contribution is -0.137. The molecule has 0 saturated carbocycles. The standard InChI is InChI=1S/C24H22F3N7O/c1-13(15-5-4-6-17(9-15)24(25,26)27)30-20-19-10-18(16-11-29-23(35)33(3)12-16)21-28-7-8-34(21)22(19)32-14(2)31-20/h4-6,9-13H,7-8H2,1-3H3,(H,30,31,32)/t13-/m1/s1. The number of hydrogen-bond acceptors (Lipinski definition) is 7. The van der Waals surface area contributed by atoms with E-state index in [1.54, 1.807) is 33.2 Å². The maximum atomic E-state index is 13.2. The third kappa shape index (κ3) is 4.17. The molecule has 0 unspecified atom stereocenters. The van der Waals surface area contributed by atoms with Crippen LogP contribution in [0.2, 0.25) is 0 Å². The van der Waals surface area contributed by atoms with Gasteiger partial charge in [-0.2, -0.15) is 13.2 Å². The summed E-state index contributed by atoms with van der Waals surface area (Å²) in [7, 11) is 1.63. The number of rotatable bonds is 4. The highest BCUT2D eigenvalue weighted by Crippen LogP contribution is 2.39. The number of alkyl halides is 3. The van der Waals surface area contributed by atoms with Gasteiger partial charge in [-0.1, -0.05) is 12.1 Å². The van der Waals surface area contributed by atoms with Crippen molar-refractivity contribution in [3.8, 4) is 0 Å². The first-order chi connectivity index (χ1) is 16.6. The van der Waals surface area contributed by atoms with Gasteiger partial charge in [-0.05, 0) is 37.6 Å². The van der Waals surface area contributed by atoms with E-state index < -0.39 is 17.8 Å². The van der Waals surface area contributed by atoms with Crippen molar-refractivity contribution >= 4 is 29.1 Å². The van der Waals surface area contributed by atoms with Gasteiger partial charge >= 0.3 is 11.9 Å². The van der Waals surface area contributed by atoms with Crippen molar-refractivity contribution in [1.82, 2.24) is 19.5 Å². The first kappa shape index (κ1) is 22.8. The fraction of sp³-hybridized carbons (Fsp3) is 0.292. The van der Waals surface area contributed by atoms with Gasteiger partial charge < -0.3 is 14.8 Å². The van der Waals surface area contributed by atoms with Crippen LogP contribution in [0.3, 0.4) is 0 Å². The number of benzene rings is 1. The molecule has 11 heteroatoms. The minimum absolute atomic E-state index is 0.369. The molecule has 0 radical (unpaired) electrons. The average molecular weight is 481 g/mol. The van der Waals surface area contributed by atoms with Crippen molar-refractivity contribution < 1.29 is 13.2 Å². The van der Waals surface area contributed by atoms with Crippen LogP contribution < -0.4 is 15.9 Å². The van der Waals surface area contributed by atoms with Crippen LogP contribution in [-0.2, 0) is 13.2 Å². The van der Waals surface area contributed by atoms with Gasteiger partial charge in [0.1, 0.15) is 23.3 Å². The van der Waals surface area contributed by atoms with Gasteiger partial charge in [-0.15, -0.1) is 0 Å². The zero-order chi connectivity index (χ0) is 24.9. The van der Waals surface area contributed by atoms with Gasteiger partial charge in [-0.25, -0.2) is 19.7 Å². The van der Waals surface area contributed by atoms with Crippen molar-refractivity contribution in [2.24, 2.45) is 12.0 Å². The molecule has 1 atom stereocenters. The van der Waals surface area contributed by atoms with E-state index in [9.17, 15) is 18.0 Å². The molecule has 2 aliphatic rings. The SMILES string of the molecule is Cc1nc(N[C@H](C)c2cccc(C(F)(F)F)c2)c2c(n1)N1CCN=C1C(c1cnc(=O)n(C)c1)=C2. The Balaban J connectivity index is 1.59. The lowest BCUT2D eigenvalue weighted by Gasteiger charge is -2.29. The van der Waals surface area contributed by atoms with E-state index in [1.807, 2.05) is 11.0 Å². The second-order valence-electron chi connectivity index (χ2n) is 8.50. The van der Waals surface area contributed by atoms with Crippen LogP contribution in [0.25, 0.3) is 11.6 Å². The van der Waals surface area contributed by atoms with Crippen molar-refractivity contribution in [2.45, 2.75) is 26.1 Å². The first-order valence-corrected chi connectivity index (χ1v) is 11.0. The molecular formula is C24H22F3N7O. The fourth-order valence-corrected chi connectivity index (χ4v) is 4.25. The largest absolute Gasteiger partial charge is 0.416 e. The Hall–Kier alpha value is -4.02. The van der Waals surface area contributed by atoms with E-state index in [-0.39, 0.29) is 5.69 Å². The molecule has 4 heterocycles. The molecule has 0 fully saturated rings. The number of amidine groups is 1. The van der Waals surface area contributed by atoms with Gasteiger partial charge in [0.2, 0.25) is 0 Å². The number of halogens is 3. The van der Waals surface area contributed by atoms with Crippen LogP contribution in [0.1, 0.15) is 41.0 Å². The van der Waals surface area contributed by atoms with E-state index in [0.717, 1.165) is 23.5 Å². The van der Waals surface area contributed by atoms with Crippen molar-refractivity contribution in [3.63, 3.8) is 0 Å². The molecule has 180 valence electrons. The third-order valence-corrected chi connectivity index (χ3v) is 5.99. The summed E-state index contributed by atoms with van der Waals surface area (Å²) < 4.78 is 41.1. The Labute approximate surface area is 198 Å². The quantitative estimate of drug-likeness (QED) is 0.609. The van der Waals surface area contributed by atoms with Crippen molar-refractivity contribution in [1.29, 1.82) is 0 Å². The summed E-state index contributed by atoms with van der Waals surface area (Å²) in [4.78, 5) is 31.6. The van der Waals surface area contributed by atoms with E-state index in [2.05, 4.69) is 25.3 Å². The smallest absolute Gasteiger partial charge is 0.363 e. The lowest BCUT2D eigenvalue weighted by Crippen LogP contribution is -2.33. The van der Waals surface area contributed by atoms with Crippen LogP contribution in [0.4, 0.5) is 24.8 Å². The van der Waals surface area contributed by atoms with Crippen molar-refractivity contribution in [3.05, 3.63) is 75.2 Å². The van der Waals surface area contributed by atoms with E-state index in [1.165, 1.54) is 16.8 Å². The molecule has 3 aromatic rings. The highest BCUT2D eigenvalue weighted by atomic mass is 19.4. The molecular weight excluding hydrogens is 459 g/mol. The number of fused-ring (bicyclic) bond motifs is 3. The number of aryl methyl sites for hydroxylation is 2. The number of aromatic nitrogens is 4. The van der Waals surface area contributed by atoms with Crippen LogP contribution in [-0.4, -0.2) is 38.4 Å². The topological polar surface area (TPSA) is 88.3 Å². The van der Waals surface area contributed by atoms with E-state index >= 15 is 0 Å². The summed E-state index contributed by atoms with van der Waals surface area (Å²) in [5.41, 5.74) is 1.58. The highest BCUT2D eigenvalue weighted by Gasteiger charge is 2.33. The fourth-order valence-electron chi connectivity index (χ4n) is 4.25. The second-order valence-corrected chi connectivity index (χ2v) is 8.50. The van der Waals surface area contributed by atoms with Crippen LogP contribution in [0.5, 0.6) is 0 Å². The molecule has 1 aromatic carbocycles. The first-order valence-electron chi connectivity index (χ1n) is 11.0. The molecule has 0 amide bonds. The molecule has 35 heavy (non-hydrogen) atoms. The monoisotopic (exact) mass is 481 g/mol. The van der Waals surface area contributed by atoms with Gasteiger partial charge in [-0.3, -0.25) is 4.99 Å². The molecule has 0 aliphatic carbocycles. The molecule has 8 nitrogen and oxygen atoms in total. The van der Waals surface area contributed by atoms with E-state index in [0.29, 0.717) is 47.2 Å². The normalized spacial score (nSPS) is 15.8. The average Bonchev–Trinajstić information content (AvgIpc) is 3.30. The Morgan fingerprint density at radius 1 is 1.20 bits per heavy atom. The highest BCUT2D eigenvalue weighted by molar-refractivity contribution is 6.36. The molecule has 0 saturated heterocycles. The maximum Gasteiger partial charge on any atom is 0.416 e. The van der Waals surface area contributed by atoms with Gasteiger partial charge in [0, 0.05) is 43.2 Å². The summed E-state index contributed by atoms with van der Waals surface area (Å²) in [6, 6.07) is 4.78. The van der Waals surface area contributed by atoms with Crippen LogP contribution >= 0.6 is 0 Å². The van der Waals surface area contributed by atoms with Crippen LogP contribution in [0.15, 0.2) is 46.4 Å². The Morgan fingerprint density at radius 2 is 2.00 bits per heavy atom. The maximum absolute atomic E-state index is 13.2. The van der Waals surface area contributed by atoms with Gasteiger partial charge in [0.15, 0.2) is 0 Å². The Bertz CT molecular complexity index is 1440. The number of aliphatic imine (C=N–C) groups is 1. The predicted molar refractivity (Wildman–Crippen MR) is 127 cm³/mol. The van der Waals surface area contributed by atoms with Crippen LogP contribution in [0, 0.1) is 6.92 Å². The zero-order valence-corrected chi connectivity index (χ0v) is 19.3. The summed E-state index contributed by atoms with van der Waals surface area (Å²) in [6.45, 7) is 4.76. The van der Waals surface area contributed by atoms with Gasteiger partial charge in [0.25, 0.3) is 0 Å². The minimum atomic E-state index is -4.42. The second kappa shape index (κ2) is 8.33. The van der Waals surface area contributed by atoms with E-state index in [4.69, 9.17) is 0 Å². The lowest BCUT2D eigenvalue weighted by atomic mass is 9.99. The number of nitrogens with zero attached hydrogens (tertiary/aromatic N) is 6. The summed E-state index contributed by atoms with van der Waals surface area (Å²) in [6.07, 6.45) is 0.662. The Kier molecular flexibility index (Phi) is 5.42. The number of nitrogens with one attached hydrogen (secondary N) is 1. The zero-order valence-electron chi connectivity index (χ0n) is 19.3. The molecule has 5 rings (SSSR count). The molecule has 1 N–H and O–H groups in total. The Morgan fingerprint density at radius 3 is 2.74 bits per heavy atom. The molecule has 2 aliphatic heterocycles. The minimum Gasteiger partial charge on any atom is -0.363 e. The number of anilines is 2. The number of hydrogen-bond donors (Lipinski definition) is 1. The predicted octanol–water partition coefficient (Wildman–Crippen LogP) is 3.84. The van der Waals surface area contributed by atoms with Gasteiger partial charge in [0.05, 0.1) is 17.7 Å². The molecule has 2 aromatic heterocycles. The van der Waals surface area contributed by atoms with Crippen molar-refractivity contribution in [2.75, 3.05) is 23.3 Å². The summed E-state index contributed by atoms with van der Waals surface area (Å²) >= 11 is 0.